The smallest absolute Gasteiger partial charge is 0.274 e. The van der Waals surface area contributed by atoms with Gasteiger partial charge in [-0.15, -0.1) is 6.58 Å². The number of benzene rings is 1. The van der Waals surface area contributed by atoms with Gasteiger partial charge in [0.1, 0.15) is 0 Å². The van der Waals surface area contributed by atoms with Crippen LogP contribution in [0.2, 0.25) is 5.02 Å². The number of nitrogens with zero attached hydrogens (tertiary/aromatic N) is 1. The molecule has 0 radical (unpaired) electrons. The van der Waals surface area contributed by atoms with E-state index in [1.54, 1.807) is 12.1 Å². The van der Waals surface area contributed by atoms with E-state index in [0.717, 1.165) is 13.0 Å². The van der Waals surface area contributed by atoms with E-state index < -0.39 is 0 Å². The third kappa shape index (κ3) is 2.33. The highest BCUT2D eigenvalue weighted by Crippen LogP contribution is 2.36. The summed E-state index contributed by atoms with van der Waals surface area (Å²) in [5, 5.41) is 14.8. The molecule has 2 atom stereocenters. The van der Waals surface area contributed by atoms with Crippen molar-refractivity contribution in [1.82, 2.24) is 5.32 Å². The van der Waals surface area contributed by atoms with Gasteiger partial charge in [-0.1, -0.05) is 17.7 Å². The van der Waals surface area contributed by atoms with Crippen molar-refractivity contribution in [3.8, 4) is 0 Å². The van der Waals surface area contributed by atoms with Crippen LogP contribution >= 0.6 is 11.6 Å². The van der Waals surface area contributed by atoms with Crippen molar-refractivity contribution in [2.75, 3.05) is 6.54 Å². The molecule has 0 spiro atoms. The summed E-state index contributed by atoms with van der Waals surface area (Å²) in [4.78, 5) is 10.6. The van der Waals surface area contributed by atoms with E-state index >= 15 is 0 Å². The molecule has 0 bridgehead atoms. The molecule has 1 N–H and O–H groups in total. The standard InChI is InChI=1S/C12H13ClN2O2/c1-2-8-5-6-14-12(8)10-7-9(13)3-4-11(10)15(16)17/h2-4,7-8,12,14H,1,5-6H2/t8-,12+/m1/s1. The molecule has 5 heteroatoms. The maximum absolute atomic E-state index is 11.0. The highest BCUT2D eigenvalue weighted by Gasteiger charge is 2.31. The average molecular weight is 253 g/mol. The summed E-state index contributed by atoms with van der Waals surface area (Å²) in [5.41, 5.74) is 0.755. The molecule has 4 nitrogen and oxygen atoms in total. The van der Waals surface area contributed by atoms with E-state index in [9.17, 15) is 10.1 Å². The van der Waals surface area contributed by atoms with Crippen molar-refractivity contribution in [2.45, 2.75) is 12.5 Å². The maximum Gasteiger partial charge on any atom is 0.274 e. The molecule has 1 aliphatic heterocycles. The maximum atomic E-state index is 11.0. The average Bonchev–Trinajstić information content (AvgIpc) is 2.76. The lowest BCUT2D eigenvalue weighted by Crippen LogP contribution is -2.18. The predicted octanol–water partition coefficient (Wildman–Crippen LogP) is 3.08. The van der Waals surface area contributed by atoms with Gasteiger partial charge in [0.25, 0.3) is 5.69 Å². The van der Waals surface area contributed by atoms with Gasteiger partial charge in [-0.05, 0) is 31.0 Å². The first-order valence-corrected chi connectivity index (χ1v) is 5.81. The first-order chi connectivity index (χ1) is 8.13. The Balaban J connectivity index is 2.45. The van der Waals surface area contributed by atoms with Crippen LogP contribution in [0.4, 0.5) is 5.69 Å². The second kappa shape index (κ2) is 4.85. The van der Waals surface area contributed by atoms with Gasteiger partial charge in [-0.2, -0.15) is 0 Å². The summed E-state index contributed by atoms with van der Waals surface area (Å²) >= 11 is 5.91. The molecule has 0 aromatic heterocycles. The van der Waals surface area contributed by atoms with E-state index in [1.165, 1.54) is 6.07 Å². The molecule has 1 heterocycles. The highest BCUT2D eigenvalue weighted by atomic mass is 35.5. The lowest BCUT2D eigenvalue weighted by atomic mass is 9.93. The zero-order valence-electron chi connectivity index (χ0n) is 9.23. The number of hydrogen-bond acceptors (Lipinski definition) is 3. The fourth-order valence-corrected chi connectivity index (χ4v) is 2.44. The van der Waals surface area contributed by atoms with E-state index in [-0.39, 0.29) is 22.6 Å². The SMILES string of the molecule is C=C[C@@H]1CCN[C@@H]1c1cc(Cl)ccc1[N+](=O)[O-]. The van der Waals surface area contributed by atoms with Gasteiger partial charge in [0, 0.05) is 22.7 Å². The normalized spacial score (nSPS) is 23.6. The zero-order chi connectivity index (χ0) is 12.4. The van der Waals surface area contributed by atoms with Crippen LogP contribution in [-0.4, -0.2) is 11.5 Å². The van der Waals surface area contributed by atoms with Crippen molar-refractivity contribution >= 4 is 17.3 Å². The fraction of sp³-hybridized carbons (Fsp3) is 0.333. The minimum atomic E-state index is -0.369. The Bertz CT molecular complexity index is 462. The van der Waals surface area contributed by atoms with Crippen LogP contribution < -0.4 is 5.32 Å². The van der Waals surface area contributed by atoms with Crippen LogP contribution in [0.1, 0.15) is 18.0 Å². The Kier molecular flexibility index (Phi) is 3.45. The van der Waals surface area contributed by atoms with Gasteiger partial charge in [0.15, 0.2) is 0 Å². The van der Waals surface area contributed by atoms with E-state index in [4.69, 9.17) is 11.6 Å². The molecule has 1 aromatic rings. The van der Waals surface area contributed by atoms with Gasteiger partial charge >= 0.3 is 0 Å². The van der Waals surface area contributed by atoms with Gasteiger partial charge in [-0.25, -0.2) is 0 Å². The Morgan fingerprint density at radius 3 is 3.00 bits per heavy atom. The topological polar surface area (TPSA) is 55.2 Å². The third-order valence-corrected chi connectivity index (χ3v) is 3.33. The van der Waals surface area contributed by atoms with Crippen LogP contribution in [0.5, 0.6) is 0 Å². The second-order valence-electron chi connectivity index (χ2n) is 4.08. The second-order valence-corrected chi connectivity index (χ2v) is 4.52. The number of nitro groups is 1. The van der Waals surface area contributed by atoms with Gasteiger partial charge in [0.05, 0.1) is 4.92 Å². The van der Waals surface area contributed by atoms with Crippen molar-refractivity contribution in [1.29, 1.82) is 0 Å². The molecule has 17 heavy (non-hydrogen) atoms. The minimum Gasteiger partial charge on any atom is -0.309 e. The van der Waals surface area contributed by atoms with Crippen LogP contribution in [0.15, 0.2) is 30.9 Å². The summed E-state index contributed by atoms with van der Waals surface area (Å²) in [5.74, 6) is 0.215. The summed E-state index contributed by atoms with van der Waals surface area (Å²) in [7, 11) is 0. The summed E-state index contributed by atoms with van der Waals surface area (Å²) in [6, 6.07) is 4.60. The minimum absolute atomic E-state index is 0.0633. The zero-order valence-corrected chi connectivity index (χ0v) is 9.98. The molecule has 1 aliphatic rings. The summed E-state index contributed by atoms with van der Waals surface area (Å²) < 4.78 is 0. The summed E-state index contributed by atoms with van der Waals surface area (Å²) in [6.07, 6.45) is 2.78. The fourth-order valence-electron chi connectivity index (χ4n) is 2.26. The van der Waals surface area contributed by atoms with Gasteiger partial charge < -0.3 is 5.32 Å². The summed E-state index contributed by atoms with van der Waals surface area (Å²) in [6.45, 7) is 4.61. The molecule has 0 amide bonds. The van der Waals surface area contributed by atoms with Gasteiger partial charge in [0.2, 0.25) is 0 Å². The van der Waals surface area contributed by atoms with Crippen molar-refractivity contribution in [2.24, 2.45) is 5.92 Å². The Morgan fingerprint density at radius 2 is 2.35 bits per heavy atom. The highest BCUT2D eigenvalue weighted by molar-refractivity contribution is 6.30. The first-order valence-electron chi connectivity index (χ1n) is 5.43. The van der Waals surface area contributed by atoms with Crippen LogP contribution in [0.25, 0.3) is 0 Å². The van der Waals surface area contributed by atoms with Gasteiger partial charge in [-0.3, -0.25) is 10.1 Å². The largest absolute Gasteiger partial charge is 0.309 e. The molecule has 1 saturated heterocycles. The van der Waals surface area contributed by atoms with Crippen molar-refractivity contribution in [3.05, 3.63) is 51.6 Å². The monoisotopic (exact) mass is 252 g/mol. The van der Waals surface area contributed by atoms with Crippen molar-refractivity contribution < 1.29 is 4.92 Å². The lowest BCUT2D eigenvalue weighted by molar-refractivity contribution is -0.385. The number of nitrogens with one attached hydrogen (secondary N) is 1. The molecule has 0 saturated carbocycles. The molecule has 2 rings (SSSR count). The number of rotatable bonds is 3. The lowest BCUT2D eigenvalue weighted by Gasteiger charge is -2.16. The van der Waals surface area contributed by atoms with E-state index in [1.807, 2.05) is 6.08 Å². The molecule has 0 aliphatic carbocycles. The molecule has 1 aromatic carbocycles. The molecule has 1 fully saturated rings. The van der Waals surface area contributed by atoms with Crippen LogP contribution in [-0.2, 0) is 0 Å². The first kappa shape index (κ1) is 12.1. The Morgan fingerprint density at radius 1 is 1.59 bits per heavy atom. The molecule has 0 unspecified atom stereocenters. The predicted molar refractivity (Wildman–Crippen MR) is 67.2 cm³/mol. The molecular weight excluding hydrogens is 240 g/mol. The molecule has 90 valence electrons. The number of nitro benzene ring substituents is 1. The van der Waals surface area contributed by atoms with E-state index in [2.05, 4.69) is 11.9 Å². The molecular formula is C12H13ClN2O2. The van der Waals surface area contributed by atoms with Crippen LogP contribution in [0, 0.1) is 16.0 Å². The van der Waals surface area contributed by atoms with Crippen LogP contribution in [0.3, 0.4) is 0 Å². The van der Waals surface area contributed by atoms with E-state index in [0.29, 0.717) is 10.6 Å². The third-order valence-electron chi connectivity index (χ3n) is 3.09. The number of hydrogen-bond donors (Lipinski definition) is 1. The Hall–Kier alpha value is -1.39. The van der Waals surface area contributed by atoms with Crippen molar-refractivity contribution in [3.63, 3.8) is 0 Å². The Labute approximate surface area is 104 Å². The quantitative estimate of drug-likeness (QED) is 0.511. The number of halogens is 1.